The Labute approximate surface area is 146 Å². The van der Waals surface area contributed by atoms with Crippen LogP contribution < -0.4 is 0 Å². The Hall–Kier alpha value is -1.03. The van der Waals surface area contributed by atoms with Crippen LogP contribution in [0.3, 0.4) is 0 Å². The van der Waals surface area contributed by atoms with E-state index in [2.05, 4.69) is 22.7 Å². The molecule has 5 heteroatoms. The van der Waals surface area contributed by atoms with Crippen molar-refractivity contribution in [3.8, 4) is 0 Å². The first kappa shape index (κ1) is 15.5. The van der Waals surface area contributed by atoms with Gasteiger partial charge < -0.3 is 4.84 Å². The van der Waals surface area contributed by atoms with Crippen molar-refractivity contribution in [2.45, 2.75) is 37.3 Å². The van der Waals surface area contributed by atoms with Crippen molar-refractivity contribution in [2.24, 2.45) is 11.1 Å². The second-order valence-electron chi connectivity index (χ2n) is 6.68. The summed E-state index contributed by atoms with van der Waals surface area (Å²) in [5, 5.41) is 5.69. The van der Waals surface area contributed by atoms with Gasteiger partial charge in [0.25, 0.3) is 0 Å². The minimum Gasteiger partial charge on any atom is -0.392 e. The molecular weight excluding hydrogens is 331 g/mol. The molecule has 3 fully saturated rings. The Morgan fingerprint density at radius 3 is 2.96 bits per heavy atom. The lowest BCUT2D eigenvalue weighted by Gasteiger charge is -2.36. The summed E-state index contributed by atoms with van der Waals surface area (Å²) in [5.74, 6) is 0.878. The van der Waals surface area contributed by atoms with Crippen LogP contribution in [0.25, 0.3) is 0 Å². The highest BCUT2D eigenvalue weighted by atomic mass is 35.5. The maximum absolute atomic E-state index is 6.25. The topological polar surface area (TPSA) is 24.8 Å². The van der Waals surface area contributed by atoms with Gasteiger partial charge in [0.15, 0.2) is 0 Å². The van der Waals surface area contributed by atoms with Crippen molar-refractivity contribution in [1.82, 2.24) is 4.90 Å². The zero-order valence-electron chi connectivity index (χ0n) is 12.9. The summed E-state index contributed by atoms with van der Waals surface area (Å²) in [7, 11) is 0. The highest BCUT2D eigenvalue weighted by molar-refractivity contribution is 6.42. The number of nitrogens with zero attached hydrogens (tertiary/aromatic N) is 2. The maximum Gasteiger partial charge on any atom is 0.135 e. The molecule has 3 aliphatic rings. The predicted octanol–water partition coefficient (Wildman–Crippen LogP) is 4.50. The molecule has 1 aromatic carbocycles. The Balaban J connectivity index is 1.67. The number of hydrogen-bond donors (Lipinski definition) is 0. The molecule has 0 saturated carbocycles. The third-order valence-corrected chi connectivity index (χ3v) is 6.28. The van der Waals surface area contributed by atoms with Gasteiger partial charge >= 0.3 is 0 Å². The molecule has 0 amide bonds. The van der Waals surface area contributed by atoms with Crippen molar-refractivity contribution < 1.29 is 4.84 Å². The van der Waals surface area contributed by atoms with Gasteiger partial charge in [-0.1, -0.05) is 47.1 Å². The fourth-order valence-corrected chi connectivity index (χ4v) is 4.96. The van der Waals surface area contributed by atoms with Crippen molar-refractivity contribution in [2.75, 3.05) is 13.2 Å². The maximum atomic E-state index is 6.25. The lowest BCUT2D eigenvalue weighted by Crippen LogP contribution is -2.40. The number of benzene rings is 1. The molecule has 3 heterocycles. The summed E-state index contributed by atoms with van der Waals surface area (Å²) in [6.07, 6.45) is 5.45. The van der Waals surface area contributed by atoms with Gasteiger partial charge in [-0.15, -0.1) is 0 Å². The SMILES string of the molecule is C=CCO/N=C1\CN2[C@H]3CC[C@@H]2[C@@H]1[C@@H](c1ccc(Cl)c(Cl)c1)C3. The first-order valence-corrected chi connectivity index (χ1v) is 8.95. The van der Waals surface area contributed by atoms with E-state index in [0.29, 0.717) is 40.6 Å². The first-order valence-electron chi connectivity index (χ1n) is 8.19. The van der Waals surface area contributed by atoms with Crippen LogP contribution >= 0.6 is 23.2 Å². The smallest absolute Gasteiger partial charge is 0.135 e. The van der Waals surface area contributed by atoms with Crippen LogP contribution in [0.15, 0.2) is 36.0 Å². The molecule has 4 rings (SSSR count). The van der Waals surface area contributed by atoms with Crippen molar-refractivity contribution >= 4 is 28.9 Å². The van der Waals surface area contributed by atoms with Gasteiger partial charge in [0.2, 0.25) is 0 Å². The van der Waals surface area contributed by atoms with E-state index < -0.39 is 0 Å². The summed E-state index contributed by atoms with van der Waals surface area (Å²) in [6.45, 7) is 5.08. The summed E-state index contributed by atoms with van der Waals surface area (Å²) in [4.78, 5) is 8.03. The van der Waals surface area contributed by atoms with E-state index in [1.54, 1.807) is 6.08 Å². The largest absolute Gasteiger partial charge is 0.392 e. The van der Waals surface area contributed by atoms with Gasteiger partial charge in [0.05, 0.1) is 15.8 Å². The summed E-state index contributed by atoms with van der Waals surface area (Å²) < 4.78 is 0. The Morgan fingerprint density at radius 2 is 2.17 bits per heavy atom. The minimum atomic E-state index is 0.427. The summed E-state index contributed by atoms with van der Waals surface area (Å²) >= 11 is 12.3. The van der Waals surface area contributed by atoms with Crippen LogP contribution in [0.4, 0.5) is 0 Å². The van der Waals surface area contributed by atoms with Gasteiger partial charge in [-0.25, -0.2) is 0 Å². The fourth-order valence-electron chi connectivity index (χ4n) is 4.65. The average molecular weight is 351 g/mol. The highest BCUT2D eigenvalue weighted by Crippen LogP contribution is 2.51. The Morgan fingerprint density at radius 1 is 1.30 bits per heavy atom. The Bertz CT molecular complexity index is 660. The molecule has 0 aromatic heterocycles. The molecule has 3 saturated heterocycles. The van der Waals surface area contributed by atoms with E-state index in [1.807, 2.05) is 12.1 Å². The summed E-state index contributed by atoms with van der Waals surface area (Å²) in [6, 6.07) is 7.31. The molecule has 0 spiro atoms. The van der Waals surface area contributed by atoms with E-state index in [0.717, 1.165) is 6.54 Å². The molecule has 122 valence electrons. The molecule has 5 atom stereocenters. The van der Waals surface area contributed by atoms with Gasteiger partial charge in [-0.2, -0.15) is 0 Å². The molecular formula is C18H20Cl2N2O. The van der Waals surface area contributed by atoms with Crippen LogP contribution in [-0.2, 0) is 4.84 Å². The lowest BCUT2D eigenvalue weighted by molar-refractivity contribution is 0.153. The molecule has 3 aliphatic heterocycles. The van der Waals surface area contributed by atoms with E-state index in [-0.39, 0.29) is 0 Å². The number of halogens is 2. The van der Waals surface area contributed by atoms with Crippen LogP contribution in [0.2, 0.25) is 10.0 Å². The van der Waals surface area contributed by atoms with Crippen LogP contribution in [-0.4, -0.2) is 35.8 Å². The number of piperidine rings is 1. The van der Waals surface area contributed by atoms with Gasteiger partial charge in [-0.3, -0.25) is 4.90 Å². The number of oxime groups is 1. The molecule has 0 N–H and O–H groups in total. The number of rotatable bonds is 4. The third kappa shape index (κ3) is 2.59. The molecule has 4 bridgehead atoms. The second kappa shape index (κ2) is 6.12. The van der Waals surface area contributed by atoms with E-state index >= 15 is 0 Å². The zero-order chi connectivity index (χ0) is 16.0. The van der Waals surface area contributed by atoms with E-state index in [1.165, 1.54) is 30.5 Å². The molecule has 23 heavy (non-hydrogen) atoms. The van der Waals surface area contributed by atoms with Crippen molar-refractivity contribution in [3.63, 3.8) is 0 Å². The van der Waals surface area contributed by atoms with Crippen molar-refractivity contribution in [3.05, 3.63) is 46.5 Å². The van der Waals surface area contributed by atoms with Gasteiger partial charge in [-0.05, 0) is 42.9 Å². The second-order valence-corrected chi connectivity index (χ2v) is 7.49. The third-order valence-electron chi connectivity index (χ3n) is 5.54. The molecule has 3 nitrogen and oxygen atoms in total. The monoisotopic (exact) mass is 350 g/mol. The quantitative estimate of drug-likeness (QED) is 0.453. The van der Waals surface area contributed by atoms with Gasteiger partial charge in [0, 0.05) is 24.5 Å². The molecule has 1 unspecified atom stereocenters. The standard InChI is InChI=1S/C18H20Cl2N2O/c1-2-7-23-21-16-10-22-12-4-6-17(22)18(16)13(9-12)11-3-5-14(19)15(20)8-11/h2-3,5,8,12-13,17-18H,1,4,6-7,9-10H2/b21-16+/t12-,13+,17+,18+/m0/s1. The lowest BCUT2D eigenvalue weighted by atomic mass is 9.77. The highest BCUT2D eigenvalue weighted by Gasteiger charge is 2.54. The van der Waals surface area contributed by atoms with Crippen molar-refractivity contribution in [1.29, 1.82) is 0 Å². The normalized spacial score (nSPS) is 36.4. The zero-order valence-corrected chi connectivity index (χ0v) is 14.4. The molecule has 1 aromatic rings. The summed E-state index contributed by atoms with van der Waals surface area (Å²) in [5.41, 5.74) is 2.45. The van der Waals surface area contributed by atoms with Crippen LogP contribution in [0.5, 0.6) is 0 Å². The minimum absolute atomic E-state index is 0.427. The van der Waals surface area contributed by atoms with Crippen LogP contribution in [0.1, 0.15) is 30.7 Å². The molecule has 0 radical (unpaired) electrons. The fraction of sp³-hybridized carbons (Fsp3) is 0.500. The van der Waals surface area contributed by atoms with Crippen LogP contribution in [0, 0.1) is 5.92 Å². The molecule has 0 aliphatic carbocycles. The number of hydrogen-bond acceptors (Lipinski definition) is 3. The van der Waals surface area contributed by atoms with E-state index in [4.69, 9.17) is 28.0 Å². The van der Waals surface area contributed by atoms with Gasteiger partial charge in [0.1, 0.15) is 6.61 Å². The average Bonchev–Trinajstić information content (AvgIpc) is 2.95. The first-order chi connectivity index (χ1) is 11.2. The Kier molecular flexibility index (Phi) is 4.12. The van der Waals surface area contributed by atoms with E-state index in [9.17, 15) is 0 Å². The predicted molar refractivity (Wildman–Crippen MR) is 94.4 cm³/mol.